The number of carbonyl (C=O) groups is 1. The van der Waals surface area contributed by atoms with E-state index in [-0.39, 0.29) is 17.6 Å². The molecule has 25 heavy (non-hydrogen) atoms. The average molecular weight is 341 g/mol. The summed E-state index contributed by atoms with van der Waals surface area (Å²) in [6.45, 7) is 1.93. The van der Waals surface area contributed by atoms with Crippen LogP contribution in [-0.4, -0.2) is 46.4 Å². The summed E-state index contributed by atoms with van der Waals surface area (Å²) in [4.78, 5) is 25.6. The number of likely N-dealkylation sites (tertiary alicyclic amines) is 1. The third-order valence-electron chi connectivity index (χ3n) is 4.42. The third-order valence-corrected chi connectivity index (χ3v) is 4.42. The van der Waals surface area contributed by atoms with Gasteiger partial charge in [-0.05, 0) is 30.9 Å². The van der Waals surface area contributed by atoms with Crippen LogP contribution in [0.1, 0.15) is 28.9 Å². The van der Waals surface area contributed by atoms with Crippen LogP contribution < -0.4 is 5.56 Å². The number of hydrogen-bond donors (Lipinski definition) is 0. The predicted molar refractivity (Wildman–Crippen MR) is 94.5 cm³/mol. The number of aromatic nitrogens is 2. The minimum Gasteiger partial charge on any atom is -0.376 e. The molecule has 1 amide bonds. The van der Waals surface area contributed by atoms with Gasteiger partial charge in [-0.2, -0.15) is 5.10 Å². The fraction of sp³-hybridized carbons (Fsp3) is 0.421. The second kappa shape index (κ2) is 8.07. The summed E-state index contributed by atoms with van der Waals surface area (Å²) in [5.74, 6) is -0.147. The number of nitrogens with zero attached hydrogens (tertiary/aromatic N) is 3. The lowest BCUT2D eigenvalue weighted by Crippen LogP contribution is -2.32. The van der Waals surface area contributed by atoms with Crippen molar-refractivity contribution >= 4 is 5.91 Å². The molecule has 1 saturated heterocycles. The third kappa shape index (κ3) is 4.54. The molecule has 2 aromatic rings. The quantitative estimate of drug-likeness (QED) is 0.750. The van der Waals surface area contributed by atoms with E-state index in [9.17, 15) is 9.59 Å². The van der Waals surface area contributed by atoms with Crippen molar-refractivity contribution < 1.29 is 9.53 Å². The molecule has 1 unspecified atom stereocenters. The highest BCUT2D eigenvalue weighted by atomic mass is 16.5. The highest BCUT2D eigenvalue weighted by Gasteiger charge is 2.28. The Kier molecular flexibility index (Phi) is 5.60. The van der Waals surface area contributed by atoms with Crippen LogP contribution in [0.3, 0.4) is 0 Å². The summed E-state index contributed by atoms with van der Waals surface area (Å²) in [6.07, 6.45) is 2.88. The van der Waals surface area contributed by atoms with Crippen molar-refractivity contribution in [3.05, 3.63) is 64.1 Å². The first kappa shape index (κ1) is 17.4. The highest BCUT2D eigenvalue weighted by molar-refractivity contribution is 5.92. The lowest BCUT2D eigenvalue weighted by Gasteiger charge is -2.16. The lowest BCUT2D eigenvalue weighted by atomic mass is 10.1. The van der Waals surface area contributed by atoms with Crippen LogP contribution in [0.5, 0.6) is 0 Å². The first-order valence-corrected chi connectivity index (χ1v) is 8.62. The van der Waals surface area contributed by atoms with E-state index >= 15 is 0 Å². The van der Waals surface area contributed by atoms with E-state index in [2.05, 4.69) is 17.2 Å². The van der Waals surface area contributed by atoms with Gasteiger partial charge in [-0.1, -0.05) is 30.3 Å². The monoisotopic (exact) mass is 341 g/mol. The largest absolute Gasteiger partial charge is 0.376 e. The maximum Gasteiger partial charge on any atom is 0.274 e. The second-order valence-electron chi connectivity index (χ2n) is 6.30. The summed E-state index contributed by atoms with van der Waals surface area (Å²) in [7, 11) is 1.54. The van der Waals surface area contributed by atoms with Gasteiger partial charge in [0.25, 0.3) is 11.5 Å². The fourth-order valence-electron chi connectivity index (χ4n) is 3.00. The Morgan fingerprint density at radius 3 is 2.80 bits per heavy atom. The van der Waals surface area contributed by atoms with Crippen molar-refractivity contribution in [1.29, 1.82) is 0 Å². The predicted octanol–water partition coefficient (Wildman–Crippen LogP) is 1.64. The molecule has 3 rings (SSSR count). The van der Waals surface area contributed by atoms with Gasteiger partial charge < -0.3 is 9.64 Å². The van der Waals surface area contributed by atoms with E-state index in [0.717, 1.165) is 19.3 Å². The molecule has 1 aliphatic heterocycles. The van der Waals surface area contributed by atoms with E-state index in [1.165, 1.54) is 22.4 Å². The molecule has 6 heteroatoms. The first-order valence-electron chi connectivity index (χ1n) is 8.62. The standard InChI is InChI=1S/C19H23N3O3/c1-21-18(23)10-9-17(20-21)19(24)22-12-11-16(14-22)25-13-5-8-15-6-3-2-4-7-15/h2-4,6-7,9-10,16H,5,8,11-14H2,1H3. The molecule has 1 aromatic carbocycles. The topological polar surface area (TPSA) is 64.4 Å². The normalized spacial score (nSPS) is 17.0. The molecule has 2 heterocycles. The molecular formula is C19H23N3O3. The Bertz CT molecular complexity index is 773. The Labute approximate surface area is 147 Å². The van der Waals surface area contributed by atoms with Gasteiger partial charge in [0.05, 0.1) is 6.10 Å². The molecule has 0 spiro atoms. The van der Waals surface area contributed by atoms with Gasteiger partial charge in [0.2, 0.25) is 0 Å². The van der Waals surface area contributed by atoms with Crippen molar-refractivity contribution in [3.63, 3.8) is 0 Å². The van der Waals surface area contributed by atoms with Crippen LogP contribution in [0.4, 0.5) is 0 Å². The van der Waals surface area contributed by atoms with E-state index < -0.39 is 0 Å². The number of aryl methyl sites for hydroxylation is 2. The van der Waals surface area contributed by atoms with E-state index in [1.807, 2.05) is 18.2 Å². The molecular weight excluding hydrogens is 318 g/mol. The van der Waals surface area contributed by atoms with Gasteiger partial charge in [-0.3, -0.25) is 9.59 Å². The van der Waals surface area contributed by atoms with Gasteiger partial charge >= 0.3 is 0 Å². The smallest absolute Gasteiger partial charge is 0.274 e. The first-order chi connectivity index (χ1) is 12.1. The molecule has 1 atom stereocenters. The van der Waals surface area contributed by atoms with Crippen molar-refractivity contribution in [2.45, 2.75) is 25.4 Å². The molecule has 0 bridgehead atoms. The van der Waals surface area contributed by atoms with Gasteiger partial charge in [0.15, 0.2) is 0 Å². The zero-order chi connectivity index (χ0) is 17.6. The van der Waals surface area contributed by atoms with Crippen molar-refractivity contribution in [2.24, 2.45) is 7.05 Å². The van der Waals surface area contributed by atoms with Crippen molar-refractivity contribution in [2.75, 3.05) is 19.7 Å². The number of amides is 1. The Hall–Kier alpha value is -2.47. The molecule has 132 valence electrons. The van der Waals surface area contributed by atoms with Crippen molar-refractivity contribution in [3.8, 4) is 0 Å². The molecule has 0 N–H and O–H groups in total. The van der Waals surface area contributed by atoms with Crippen LogP contribution in [-0.2, 0) is 18.2 Å². The molecule has 1 fully saturated rings. The number of benzene rings is 1. The number of carbonyl (C=O) groups excluding carboxylic acids is 1. The number of ether oxygens (including phenoxy) is 1. The summed E-state index contributed by atoms with van der Waals surface area (Å²) in [5.41, 5.74) is 1.39. The van der Waals surface area contributed by atoms with E-state index in [1.54, 1.807) is 11.9 Å². The zero-order valence-electron chi connectivity index (χ0n) is 14.4. The minimum atomic E-state index is -0.224. The summed E-state index contributed by atoms with van der Waals surface area (Å²) in [6, 6.07) is 13.2. The van der Waals surface area contributed by atoms with Gasteiger partial charge in [0.1, 0.15) is 5.69 Å². The Morgan fingerprint density at radius 2 is 2.04 bits per heavy atom. The van der Waals surface area contributed by atoms with Crippen LogP contribution in [0.2, 0.25) is 0 Å². The minimum absolute atomic E-state index is 0.0762. The second-order valence-corrected chi connectivity index (χ2v) is 6.30. The average Bonchev–Trinajstić information content (AvgIpc) is 3.10. The Balaban J connectivity index is 1.44. The van der Waals surface area contributed by atoms with E-state index in [0.29, 0.717) is 25.4 Å². The van der Waals surface area contributed by atoms with Crippen LogP contribution >= 0.6 is 0 Å². The maximum atomic E-state index is 12.5. The summed E-state index contributed by atoms with van der Waals surface area (Å²) < 4.78 is 7.10. The van der Waals surface area contributed by atoms with Gasteiger partial charge in [-0.15, -0.1) is 0 Å². The lowest BCUT2D eigenvalue weighted by molar-refractivity contribution is 0.0522. The molecule has 6 nitrogen and oxygen atoms in total. The summed E-state index contributed by atoms with van der Waals surface area (Å²) >= 11 is 0. The summed E-state index contributed by atoms with van der Waals surface area (Å²) in [5, 5.41) is 4.02. The SMILES string of the molecule is Cn1nc(C(=O)N2CCC(OCCCc3ccccc3)C2)ccc1=O. The highest BCUT2D eigenvalue weighted by Crippen LogP contribution is 2.15. The van der Waals surface area contributed by atoms with Gasteiger partial charge in [0, 0.05) is 32.8 Å². The zero-order valence-corrected chi connectivity index (χ0v) is 14.4. The maximum absolute atomic E-state index is 12.5. The molecule has 0 saturated carbocycles. The fourth-order valence-corrected chi connectivity index (χ4v) is 3.00. The van der Waals surface area contributed by atoms with Crippen molar-refractivity contribution in [1.82, 2.24) is 14.7 Å². The van der Waals surface area contributed by atoms with E-state index in [4.69, 9.17) is 4.74 Å². The Morgan fingerprint density at radius 1 is 1.24 bits per heavy atom. The molecule has 0 aliphatic carbocycles. The van der Waals surface area contributed by atoms with Crippen LogP contribution in [0.25, 0.3) is 0 Å². The van der Waals surface area contributed by atoms with Crippen LogP contribution in [0.15, 0.2) is 47.3 Å². The number of rotatable bonds is 6. The molecule has 1 aliphatic rings. The molecule has 1 aromatic heterocycles. The number of hydrogen-bond acceptors (Lipinski definition) is 4. The van der Waals surface area contributed by atoms with Crippen LogP contribution in [0, 0.1) is 0 Å². The molecule has 0 radical (unpaired) electrons. The van der Waals surface area contributed by atoms with Gasteiger partial charge in [-0.25, -0.2) is 4.68 Å².